The van der Waals surface area contributed by atoms with Gasteiger partial charge >= 0.3 is 0 Å². The zero-order valence-corrected chi connectivity index (χ0v) is 21.2. The van der Waals surface area contributed by atoms with Crippen LogP contribution >= 0.6 is 0 Å². The van der Waals surface area contributed by atoms with E-state index in [2.05, 4.69) is 74.6 Å². The van der Waals surface area contributed by atoms with Crippen molar-refractivity contribution in [1.82, 2.24) is 9.13 Å². The SMILES string of the molecule is C=Cc1cccc([Si](CC)(N(CCCC)CCCC)N(CCCC)CCCC)c1. The first-order chi connectivity index (χ1) is 14.1. The third-order valence-electron chi connectivity index (χ3n) is 6.25. The Balaban J connectivity index is 3.54. The van der Waals surface area contributed by atoms with E-state index in [0.717, 1.165) is 0 Å². The van der Waals surface area contributed by atoms with Gasteiger partial charge in [-0.05, 0) is 68.7 Å². The second-order valence-electron chi connectivity index (χ2n) is 8.39. The molecule has 166 valence electrons. The summed E-state index contributed by atoms with van der Waals surface area (Å²) in [6.07, 6.45) is 12.3. The average Bonchev–Trinajstić information content (AvgIpc) is 2.76. The number of hydrogen-bond donors (Lipinski definition) is 0. The minimum absolute atomic E-state index is 1.24. The predicted molar refractivity (Wildman–Crippen MR) is 135 cm³/mol. The van der Waals surface area contributed by atoms with Crippen LogP contribution in [0.25, 0.3) is 6.08 Å². The minimum Gasteiger partial charge on any atom is -0.308 e. The fourth-order valence-electron chi connectivity index (χ4n) is 4.49. The highest BCUT2D eigenvalue weighted by Crippen LogP contribution is 2.25. The highest BCUT2D eigenvalue weighted by molar-refractivity contribution is 6.87. The lowest BCUT2D eigenvalue weighted by molar-refractivity contribution is 0.311. The Morgan fingerprint density at radius 3 is 1.55 bits per heavy atom. The summed E-state index contributed by atoms with van der Waals surface area (Å²) in [5.41, 5.74) is 1.27. The van der Waals surface area contributed by atoms with Gasteiger partial charge in [0.2, 0.25) is 8.40 Å². The molecule has 0 fully saturated rings. The summed E-state index contributed by atoms with van der Waals surface area (Å²) in [5.74, 6) is 0. The van der Waals surface area contributed by atoms with Crippen LogP contribution in [-0.2, 0) is 0 Å². The van der Waals surface area contributed by atoms with E-state index in [4.69, 9.17) is 0 Å². The topological polar surface area (TPSA) is 6.48 Å². The standard InChI is InChI=1S/C26H48N2Si/c1-7-13-20-27(21-14-8-2)29(12-6,26-19-17-18-25(11-5)24-26)28(22-15-9-3)23-16-10-4/h11,17-19,24H,5,7-10,12-16,20-23H2,1-4,6H3. The third-order valence-corrected chi connectivity index (χ3v) is 11.5. The van der Waals surface area contributed by atoms with E-state index >= 15 is 0 Å². The summed E-state index contributed by atoms with van der Waals surface area (Å²) in [4.78, 5) is 0. The van der Waals surface area contributed by atoms with E-state index < -0.39 is 8.40 Å². The molecular formula is C26H48N2Si. The molecule has 0 aliphatic rings. The molecular weight excluding hydrogens is 368 g/mol. The quantitative estimate of drug-likeness (QED) is 0.258. The average molecular weight is 417 g/mol. The van der Waals surface area contributed by atoms with Crippen molar-refractivity contribution in [3.05, 3.63) is 36.4 Å². The van der Waals surface area contributed by atoms with Gasteiger partial charge in [-0.2, -0.15) is 0 Å². The third kappa shape index (κ3) is 7.38. The zero-order valence-electron chi connectivity index (χ0n) is 20.2. The van der Waals surface area contributed by atoms with Gasteiger partial charge in [-0.1, -0.05) is 97.2 Å². The molecule has 0 aliphatic carbocycles. The Bertz CT molecular complexity index is 521. The lowest BCUT2D eigenvalue weighted by atomic mass is 10.2. The Hall–Kier alpha value is -0.903. The molecule has 0 amide bonds. The molecule has 0 bridgehead atoms. The molecule has 0 heterocycles. The van der Waals surface area contributed by atoms with E-state index in [9.17, 15) is 0 Å². The summed E-state index contributed by atoms with van der Waals surface area (Å²) in [7, 11) is -1.98. The molecule has 0 unspecified atom stereocenters. The highest BCUT2D eigenvalue weighted by Gasteiger charge is 2.45. The van der Waals surface area contributed by atoms with Crippen molar-refractivity contribution >= 4 is 19.7 Å². The molecule has 0 spiro atoms. The summed E-state index contributed by atoms with van der Waals surface area (Å²) in [5, 5.41) is 1.59. The number of rotatable bonds is 17. The number of nitrogens with zero attached hydrogens (tertiary/aromatic N) is 2. The van der Waals surface area contributed by atoms with E-state index in [0.29, 0.717) is 0 Å². The minimum atomic E-state index is -1.98. The van der Waals surface area contributed by atoms with E-state index in [1.165, 1.54) is 89.2 Å². The lowest BCUT2D eigenvalue weighted by Gasteiger charge is -2.49. The molecule has 2 nitrogen and oxygen atoms in total. The van der Waals surface area contributed by atoms with E-state index in [-0.39, 0.29) is 0 Å². The van der Waals surface area contributed by atoms with Gasteiger partial charge in [0.1, 0.15) is 0 Å². The van der Waals surface area contributed by atoms with Crippen LogP contribution in [0.4, 0.5) is 0 Å². The number of unbranched alkanes of at least 4 members (excludes halogenated alkanes) is 4. The molecule has 0 saturated carbocycles. The molecule has 29 heavy (non-hydrogen) atoms. The van der Waals surface area contributed by atoms with Gasteiger partial charge in [-0.3, -0.25) is 0 Å². The lowest BCUT2D eigenvalue weighted by Crippen LogP contribution is -2.73. The highest BCUT2D eigenvalue weighted by atomic mass is 28.3. The van der Waals surface area contributed by atoms with Gasteiger partial charge in [0.05, 0.1) is 0 Å². The monoisotopic (exact) mass is 416 g/mol. The van der Waals surface area contributed by atoms with Crippen molar-refractivity contribution in [2.45, 2.75) is 92.0 Å². The maximum absolute atomic E-state index is 4.06. The van der Waals surface area contributed by atoms with Gasteiger partial charge in [0, 0.05) is 0 Å². The van der Waals surface area contributed by atoms with Crippen molar-refractivity contribution in [2.24, 2.45) is 0 Å². The number of benzene rings is 1. The molecule has 1 aromatic rings. The van der Waals surface area contributed by atoms with E-state index in [1.54, 1.807) is 5.19 Å². The first kappa shape index (κ1) is 26.1. The molecule has 0 aromatic heterocycles. The molecule has 0 saturated heterocycles. The van der Waals surface area contributed by atoms with E-state index in [1.807, 2.05) is 6.08 Å². The van der Waals surface area contributed by atoms with Crippen molar-refractivity contribution < 1.29 is 0 Å². The zero-order chi connectivity index (χ0) is 21.5. The second-order valence-corrected chi connectivity index (χ2v) is 12.6. The van der Waals surface area contributed by atoms with Crippen LogP contribution in [0.3, 0.4) is 0 Å². The van der Waals surface area contributed by atoms with Crippen LogP contribution in [0.1, 0.15) is 91.5 Å². The molecule has 0 atom stereocenters. The first-order valence-corrected chi connectivity index (χ1v) is 14.5. The Labute approximate surface area is 183 Å². The van der Waals surface area contributed by atoms with Crippen molar-refractivity contribution in [3.8, 4) is 0 Å². The Morgan fingerprint density at radius 1 is 0.759 bits per heavy atom. The fourth-order valence-corrected chi connectivity index (χ4v) is 9.80. The summed E-state index contributed by atoms with van der Waals surface area (Å²) in [6, 6.07) is 10.6. The maximum Gasteiger partial charge on any atom is 0.239 e. The maximum atomic E-state index is 4.06. The summed E-state index contributed by atoms with van der Waals surface area (Å²) >= 11 is 0. The predicted octanol–water partition coefficient (Wildman–Crippen LogP) is 6.80. The van der Waals surface area contributed by atoms with Crippen molar-refractivity contribution in [2.75, 3.05) is 26.2 Å². The van der Waals surface area contributed by atoms with Crippen molar-refractivity contribution in [1.29, 1.82) is 0 Å². The van der Waals surface area contributed by atoms with Crippen LogP contribution in [0.2, 0.25) is 6.04 Å². The summed E-state index contributed by atoms with van der Waals surface area (Å²) in [6.45, 7) is 20.8. The van der Waals surface area contributed by atoms with Crippen molar-refractivity contribution in [3.63, 3.8) is 0 Å². The molecule has 1 aromatic carbocycles. The Kier molecular flexibility index (Phi) is 13.5. The van der Waals surface area contributed by atoms with Gasteiger partial charge in [0.25, 0.3) is 0 Å². The van der Waals surface area contributed by atoms with Gasteiger partial charge in [-0.25, -0.2) is 0 Å². The van der Waals surface area contributed by atoms with Gasteiger partial charge in [-0.15, -0.1) is 0 Å². The smallest absolute Gasteiger partial charge is 0.239 e. The van der Waals surface area contributed by atoms with Crippen LogP contribution in [0.5, 0.6) is 0 Å². The molecule has 0 N–H and O–H groups in total. The molecule has 3 heteroatoms. The molecule has 1 rings (SSSR count). The largest absolute Gasteiger partial charge is 0.308 e. The van der Waals surface area contributed by atoms with Gasteiger partial charge in [0.15, 0.2) is 0 Å². The summed E-state index contributed by atoms with van der Waals surface area (Å²) < 4.78 is 5.93. The fraction of sp³-hybridized carbons (Fsp3) is 0.692. The van der Waals surface area contributed by atoms with Crippen LogP contribution in [-0.4, -0.2) is 43.7 Å². The van der Waals surface area contributed by atoms with Gasteiger partial charge < -0.3 is 9.13 Å². The normalized spacial score (nSPS) is 12.1. The van der Waals surface area contributed by atoms with Crippen LogP contribution < -0.4 is 5.19 Å². The molecule has 0 radical (unpaired) electrons. The second kappa shape index (κ2) is 15.0. The van der Waals surface area contributed by atoms with Crippen LogP contribution in [0.15, 0.2) is 30.8 Å². The Morgan fingerprint density at radius 2 is 1.21 bits per heavy atom. The first-order valence-electron chi connectivity index (χ1n) is 12.4. The van der Waals surface area contributed by atoms with Crippen LogP contribution in [0, 0.1) is 0 Å². The number of hydrogen-bond acceptors (Lipinski definition) is 2. The molecule has 0 aliphatic heterocycles.